The van der Waals surface area contributed by atoms with Gasteiger partial charge in [0.05, 0.1) is 6.10 Å². The summed E-state index contributed by atoms with van der Waals surface area (Å²) < 4.78 is 5.69. The van der Waals surface area contributed by atoms with Crippen LogP contribution in [-0.2, 0) is 4.74 Å². The minimum Gasteiger partial charge on any atom is -0.378 e. The number of likely N-dealkylation sites (tertiary alicyclic amines) is 1. The molecule has 1 rings (SSSR count). The molecule has 0 unspecified atom stereocenters. The van der Waals surface area contributed by atoms with Crippen molar-refractivity contribution in [1.82, 2.24) is 4.90 Å². The molecule has 3 nitrogen and oxygen atoms in total. The lowest BCUT2D eigenvalue weighted by molar-refractivity contribution is 0.00361. The molecular weight excluding hydrogens is 212 g/mol. The number of nitrogens with two attached hydrogens (primary N) is 1. The third kappa shape index (κ3) is 4.23. The molecule has 1 aliphatic heterocycles. The van der Waals surface area contributed by atoms with Gasteiger partial charge in [0, 0.05) is 26.2 Å². The molecular formula is C14H30N2O. The summed E-state index contributed by atoms with van der Waals surface area (Å²) in [5.41, 5.74) is 6.30. The summed E-state index contributed by atoms with van der Waals surface area (Å²) in [4.78, 5) is 2.58. The highest BCUT2D eigenvalue weighted by molar-refractivity contribution is 4.84. The van der Waals surface area contributed by atoms with Crippen molar-refractivity contribution in [2.75, 3.05) is 32.8 Å². The first-order valence-electron chi connectivity index (χ1n) is 7.23. The van der Waals surface area contributed by atoms with Gasteiger partial charge in [0.25, 0.3) is 0 Å². The van der Waals surface area contributed by atoms with Crippen LogP contribution in [0, 0.1) is 5.41 Å². The van der Waals surface area contributed by atoms with Crippen LogP contribution >= 0.6 is 0 Å². The molecule has 0 atom stereocenters. The Bertz CT molecular complexity index is 188. The number of piperidine rings is 1. The first-order chi connectivity index (χ1) is 8.19. The van der Waals surface area contributed by atoms with Gasteiger partial charge in [0.1, 0.15) is 0 Å². The van der Waals surface area contributed by atoms with Gasteiger partial charge in [-0.3, -0.25) is 0 Å². The molecule has 2 N–H and O–H groups in total. The smallest absolute Gasteiger partial charge is 0.0599 e. The van der Waals surface area contributed by atoms with E-state index in [9.17, 15) is 0 Å². The van der Waals surface area contributed by atoms with E-state index in [-0.39, 0.29) is 0 Å². The fraction of sp³-hybridized carbons (Fsp3) is 1.00. The number of hydrogen-bond acceptors (Lipinski definition) is 3. The Kier molecular flexibility index (Phi) is 6.45. The molecule has 0 aromatic carbocycles. The van der Waals surface area contributed by atoms with Gasteiger partial charge in [-0.25, -0.2) is 0 Å². The Morgan fingerprint density at radius 2 is 1.76 bits per heavy atom. The lowest BCUT2D eigenvalue weighted by Crippen LogP contribution is -2.46. The average Bonchev–Trinajstić information content (AvgIpc) is 2.39. The predicted molar refractivity (Wildman–Crippen MR) is 73.2 cm³/mol. The summed E-state index contributed by atoms with van der Waals surface area (Å²) >= 11 is 0. The van der Waals surface area contributed by atoms with E-state index in [0.29, 0.717) is 11.5 Å². The van der Waals surface area contributed by atoms with Gasteiger partial charge in [-0.1, -0.05) is 13.8 Å². The fourth-order valence-electron chi connectivity index (χ4n) is 2.77. The van der Waals surface area contributed by atoms with Crippen LogP contribution in [0.3, 0.4) is 0 Å². The maximum Gasteiger partial charge on any atom is 0.0599 e. The Morgan fingerprint density at radius 1 is 1.18 bits per heavy atom. The molecule has 0 spiro atoms. The summed E-state index contributed by atoms with van der Waals surface area (Å²) in [5, 5.41) is 0. The quantitative estimate of drug-likeness (QED) is 0.744. The molecule has 0 radical (unpaired) electrons. The van der Waals surface area contributed by atoms with Crippen molar-refractivity contribution in [3.63, 3.8) is 0 Å². The summed E-state index contributed by atoms with van der Waals surface area (Å²) in [6.45, 7) is 11.8. The lowest BCUT2D eigenvalue weighted by Gasteiger charge is -2.39. The zero-order valence-corrected chi connectivity index (χ0v) is 11.9. The van der Waals surface area contributed by atoms with Crippen molar-refractivity contribution < 1.29 is 4.74 Å². The van der Waals surface area contributed by atoms with Crippen LogP contribution in [0.2, 0.25) is 0 Å². The van der Waals surface area contributed by atoms with Crippen LogP contribution in [0.1, 0.15) is 46.5 Å². The van der Waals surface area contributed by atoms with Crippen LogP contribution in [0.5, 0.6) is 0 Å². The monoisotopic (exact) mass is 242 g/mol. The molecule has 0 bridgehead atoms. The van der Waals surface area contributed by atoms with Gasteiger partial charge in [0.15, 0.2) is 0 Å². The van der Waals surface area contributed by atoms with Crippen molar-refractivity contribution in [2.24, 2.45) is 11.1 Å². The van der Waals surface area contributed by atoms with Gasteiger partial charge in [-0.2, -0.15) is 0 Å². The van der Waals surface area contributed by atoms with Crippen LogP contribution < -0.4 is 5.73 Å². The van der Waals surface area contributed by atoms with E-state index in [0.717, 1.165) is 19.7 Å². The average molecular weight is 242 g/mol. The number of ether oxygens (including phenoxy) is 1. The minimum atomic E-state index is 0.332. The minimum absolute atomic E-state index is 0.332. The van der Waals surface area contributed by atoms with E-state index in [4.69, 9.17) is 10.5 Å². The van der Waals surface area contributed by atoms with Crippen LogP contribution in [0.25, 0.3) is 0 Å². The molecule has 17 heavy (non-hydrogen) atoms. The van der Waals surface area contributed by atoms with Crippen molar-refractivity contribution in [3.8, 4) is 0 Å². The topological polar surface area (TPSA) is 38.5 Å². The van der Waals surface area contributed by atoms with E-state index in [1.54, 1.807) is 0 Å². The number of hydrogen-bond donors (Lipinski definition) is 1. The molecule has 1 aliphatic rings. The van der Waals surface area contributed by atoms with Crippen LogP contribution in [0.4, 0.5) is 0 Å². The summed E-state index contributed by atoms with van der Waals surface area (Å²) in [7, 11) is 0. The zero-order chi connectivity index (χ0) is 12.7. The summed E-state index contributed by atoms with van der Waals surface area (Å²) in [5.74, 6) is 0. The molecule has 0 aromatic rings. The van der Waals surface area contributed by atoms with Gasteiger partial charge < -0.3 is 15.4 Å². The van der Waals surface area contributed by atoms with Gasteiger partial charge in [-0.15, -0.1) is 0 Å². The molecule has 3 heteroatoms. The highest BCUT2D eigenvalue weighted by Crippen LogP contribution is 2.27. The van der Waals surface area contributed by atoms with Crippen molar-refractivity contribution in [2.45, 2.75) is 52.6 Å². The Balaban J connectivity index is 2.38. The van der Waals surface area contributed by atoms with Crippen molar-refractivity contribution >= 4 is 0 Å². The van der Waals surface area contributed by atoms with Gasteiger partial charge >= 0.3 is 0 Å². The standard InChI is InChI=1S/C14H30N2O/c1-4-14(5-2,11-15)12-16-9-7-13(8-10-16)17-6-3/h13H,4-12,15H2,1-3H3. The third-order valence-electron chi connectivity index (χ3n) is 4.43. The van der Waals surface area contributed by atoms with Crippen LogP contribution in [0.15, 0.2) is 0 Å². The largest absolute Gasteiger partial charge is 0.378 e. The maximum atomic E-state index is 5.97. The fourth-order valence-corrected chi connectivity index (χ4v) is 2.77. The Morgan fingerprint density at radius 3 is 2.18 bits per heavy atom. The summed E-state index contributed by atoms with van der Waals surface area (Å²) in [6, 6.07) is 0. The number of rotatable bonds is 7. The van der Waals surface area contributed by atoms with Gasteiger partial charge in [0.2, 0.25) is 0 Å². The lowest BCUT2D eigenvalue weighted by atomic mass is 9.81. The third-order valence-corrected chi connectivity index (χ3v) is 4.43. The van der Waals surface area contributed by atoms with E-state index < -0.39 is 0 Å². The molecule has 1 saturated heterocycles. The molecule has 1 heterocycles. The first-order valence-corrected chi connectivity index (χ1v) is 7.23. The highest BCUT2D eigenvalue weighted by atomic mass is 16.5. The SMILES string of the molecule is CCOC1CCN(CC(CC)(CC)CN)CC1. The van der Waals surface area contributed by atoms with E-state index in [1.807, 2.05) is 0 Å². The predicted octanol–water partition coefficient (Wildman–Crippen LogP) is 2.25. The molecule has 0 aromatic heterocycles. The second-order valence-corrected chi connectivity index (χ2v) is 5.34. The highest BCUT2D eigenvalue weighted by Gasteiger charge is 2.29. The molecule has 1 fully saturated rings. The Labute approximate surface area is 107 Å². The first kappa shape index (κ1) is 14.9. The second-order valence-electron chi connectivity index (χ2n) is 5.34. The molecule has 0 saturated carbocycles. The molecule has 102 valence electrons. The number of nitrogens with zero attached hydrogens (tertiary/aromatic N) is 1. The molecule has 0 aliphatic carbocycles. The van der Waals surface area contributed by atoms with Crippen LogP contribution in [-0.4, -0.2) is 43.8 Å². The van der Waals surface area contributed by atoms with E-state index in [1.165, 1.54) is 38.8 Å². The maximum absolute atomic E-state index is 5.97. The van der Waals surface area contributed by atoms with E-state index in [2.05, 4.69) is 25.7 Å². The summed E-state index contributed by atoms with van der Waals surface area (Å²) in [6.07, 6.45) is 5.23. The second kappa shape index (κ2) is 7.34. The van der Waals surface area contributed by atoms with E-state index >= 15 is 0 Å². The zero-order valence-electron chi connectivity index (χ0n) is 11.9. The van der Waals surface area contributed by atoms with Gasteiger partial charge in [-0.05, 0) is 44.6 Å². The Hall–Kier alpha value is -0.120. The normalized spacial score (nSPS) is 19.8. The molecule has 0 amide bonds. The van der Waals surface area contributed by atoms with Crippen molar-refractivity contribution in [3.05, 3.63) is 0 Å². The van der Waals surface area contributed by atoms with Crippen molar-refractivity contribution in [1.29, 1.82) is 0 Å².